The minimum Gasteiger partial charge on any atom is -0.495 e. The summed E-state index contributed by atoms with van der Waals surface area (Å²) in [6.45, 7) is -0.0794. The fraction of sp³-hybridized carbons (Fsp3) is 0.278. The Labute approximate surface area is 167 Å². The molecule has 0 bridgehead atoms. The number of nitrogens with one attached hydrogen (secondary N) is 1. The van der Waals surface area contributed by atoms with Crippen LogP contribution in [0.1, 0.15) is 12.8 Å². The predicted octanol–water partition coefficient (Wildman–Crippen LogP) is 3.81. The zero-order chi connectivity index (χ0) is 20.9. The summed E-state index contributed by atoms with van der Waals surface area (Å²) in [5.74, 6) is -2.18. The van der Waals surface area contributed by atoms with Crippen LogP contribution in [0.3, 0.4) is 0 Å². The van der Waals surface area contributed by atoms with Crippen LogP contribution >= 0.6 is 11.6 Å². The molecule has 2 aromatic carbocycles. The van der Waals surface area contributed by atoms with Crippen molar-refractivity contribution in [3.8, 4) is 5.75 Å². The SMILES string of the molecule is COc1ccc(Cl)cc1NC(=O)CCCN(c1ccc(F)c(F)c1)S(C)(=O)=O. The lowest BCUT2D eigenvalue weighted by Crippen LogP contribution is -2.31. The van der Waals surface area contributed by atoms with Crippen molar-refractivity contribution >= 4 is 38.9 Å². The van der Waals surface area contributed by atoms with Crippen LogP contribution in [-0.2, 0) is 14.8 Å². The Morgan fingerprint density at radius 1 is 1.18 bits per heavy atom. The van der Waals surface area contributed by atoms with Crippen molar-refractivity contribution in [1.82, 2.24) is 0 Å². The van der Waals surface area contributed by atoms with E-state index in [0.717, 1.165) is 28.8 Å². The van der Waals surface area contributed by atoms with Crippen molar-refractivity contribution in [2.24, 2.45) is 0 Å². The number of hydrogen-bond acceptors (Lipinski definition) is 4. The van der Waals surface area contributed by atoms with Gasteiger partial charge in [-0.05, 0) is 36.8 Å². The number of sulfonamides is 1. The Hall–Kier alpha value is -2.39. The molecule has 0 aromatic heterocycles. The molecule has 0 radical (unpaired) electrons. The molecule has 1 N–H and O–H groups in total. The third-order valence-electron chi connectivity index (χ3n) is 3.79. The van der Waals surface area contributed by atoms with E-state index < -0.39 is 21.7 Å². The molecular formula is C18H19ClF2N2O4S. The minimum absolute atomic E-state index is 0.00857. The van der Waals surface area contributed by atoms with Gasteiger partial charge in [-0.25, -0.2) is 17.2 Å². The Kier molecular flexibility index (Phi) is 7.20. The first-order valence-electron chi connectivity index (χ1n) is 8.18. The highest BCUT2D eigenvalue weighted by atomic mass is 35.5. The van der Waals surface area contributed by atoms with Crippen LogP contribution in [0.25, 0.3) is 0 Å². The molecule has 1 amide bonds. The molecule has 0 saturated carbocycles. The van der Waals surface area contributed by atoms with Gasteiger partial charge in [-0.3, -0.25) is 9.10 Å². The molecule has 10 heteroatoms. The summed E-state index contributed by atoms with van der Waals surface area (Å²) >= 11 is 5.91. The summed E-state index contributed by atoms with van der Waals surface area (Å²) in [6, 6.07) is 7.56. The molecule has 0 saturated heterocycles. The van der Waals surface area contributed by atoms with E-state index in [1.54, 1.807) is 12.1 Å². The smallest absolute Gasteiger partial charge is 0.232 e. The molecule has 6 nitrogen and oxygen atoms in total. The van der Waals surface area contributed by atoms with Gasteiger partial charge in [-0.15, -0.1) is 0 Å². The van der Waals surface area contributed by atoms with Crippen molar-refractivity contribution in [2.45, 2.75) is 12.8 Å². The number of amides is 1. The van der Waals surface area contributed by atoms with E-state index in [4.69, 9.17) is 16.3 Å². The topological polar surface area (TPSA) is 75.7 Å². The maximum atomic E-state index is 13.4. The maximum absolute atomic E-state index is 13.4. The number of methoxy groups -OCH3 is 1. The van der Waals surface area contributed by atoms with Crippen molar-refractivity contribution < 1.29 is 26.7 Å². The van der Waals surface area contributed by atoms with Gasteiger partial charge < -0.3 is 10.1 Å². The summed E-state index contributed by atoms with van der Waals surface area (Å²) in [5, 5.41) is 3.06. The number of halogens is 3. The lowest BCUT2D eigenvalue weighted by molar-refractivity contribution is -0.116. The molecule has 0 fully saturated rings. The fourth-order valence-corrected chi connectivity index (χ4v) is 3.63. The molecule has 0 spiro atoms. The Bertz CT molecular complexity index is 970. The summed E-state index contributed by atoms with van der Waals surface area (Å²) in [6.07, 6.45) is 1.09. The molecule has 28 heavy (non-hydrogen) atoms. The fourth-order valence-electron chi connectivity index (χ4n) is 2.50. The van der Waals surface area contributed by atoms with Crippen LogP contribution in [0.4, 0.5) is 20.2 Å². The van der Waals surface area contributed by atoms with Crippen LogP contribution in [0.15, 0.2) is 36.4 Å². The highest BCUT2D eigenvalue weighted by Crippen LogP contribution is 2.28. The molecular weight excluding hydrogens is 414 g/mol. The first-order valence-corrected chi connectivity index (χ1v) is 10.4. The van der Waals surface area contributed by atoms with Crippen molar-refractivity contribution in [3.05, 3.63) is 53.1 Å². The minimum atomic E-state index is -3.75. The van der Waals surface area contributed by atoms with Crippen LogP contribution in [0.5, 0.6) is 5.75 Å². The monoisotopic (exact) mass is 432 g/mol. The van der Waals surface area contributed by atoms with Gasteiger partial charge >= 0.3 is 0 Å². The van der Waals surface area contributed by atoms with Gasteiger partial charge in [-0.2, -0.15) is 0 Å². The molecule has 0 atom stereocenters. The molecule has 0 aliphatic heterocycles. The number of rotatable bonds is 8. The Morgan fingerprint density at radius 3 is 2.50 bits per heavy atom. The summed E-state index contributed by atoms with van der Waals surface area (Å²) in [7, 11) is -2.30. The third-order valence-corrected chi connectivity index (χ3v) is 5.22. The zero-order valence-corrected chi connectivity index (χ0v) is 16.8. The van der Waals surface area contributed by atoms with Gasteiger partial charge in [0.2, 0.25) is 15.9 Å². The molecule has 2 aromatic rings. The molecule has 0 unspecified atom stereocenters. The van der Waals surface area contributed by atoms with Crippen LogP contribution in [-0.4, -0.2) is 34.2 Å². The van der Waals surface area contributed by atoms with Gasteiger partial charge in [0.1, 0.15) is 5.75 Å². The summed E-state index contributed by atoms with van der Waals surface area (Å²) in [4.78, 5) is 12.2. The van der Waals surface area contributed by atoms with Crippen LogP contribution in [0.2, 0.25) is 5.02 Å². The molecule has 0 aliphatic carbocycles. The number of ether oxygens (including phenoxy) is 1. The van der Waals surface area contributed by atoms with Crippen LogP contribution < -0.4 is 14.4 Å². The first kappa shape index (κ1) is 21.9. The quantitative estimate of drug-likeness (QED) is 0.688. The normalized spacial score (nSPS) is 11.2. The van der Waals surface area contributed by atoms with E-state index in [9.17, 15) is 22.0 Å². The summed E-state index contributed by atoms with van der Waals surface area (Å²) < 4.78 is 56.6. The number of benzene rings is 2. The number of carbonyl (C=O) groups excluding carboxylic acids is 1. The highest BCUT2D eigenvalue weighted by molar-refractivity contribution is 7.92. The van der Waals surface area contributed by atoms with Gasteiger partial charge in [0.25, 0.3) is 0 Å². The average Bonchev–Trinajstić information content (AvgIpc) is 2.60. The zero-order valence-electron chi connectivity index (χ0n) is 15.2. The van der Waals surface area contributed by atoms with E-state index in [0.29, 0.717) is 16.5 Å². The van der Waals surface area contributed by atoms with E-state index in [-0.39, 0.29) is 31.0 Å². The lowest BCUT2D eigenvalue weighted by atomic mass is 10.2. The number of carbonyl (C=O) groups is 1. The number of hydrogen-bond donors (Lipinski definition) is 1. The molecule has 0 heterocycles. The third kappa shape index (κ3) is 5.80. The lowest BCUT2D eigenvalue weighted by Gasteiger charge is -2.22. The van der Waals surface area contributed by atoms with Crippen LogP contribution in [0, 0.1) is 11.6 Å². The van der Waals surface area contributed by atoms with E-state index >= 15 is 0 Å². The van der Waals surface area contributed by atoms with E-state index in [1.165, 1.54) is 13.2 Å². The maximum Gasteiger partial charge on any atom is 0.232 e. The standard InChI is InChI=1S/C18H19ClF2N2O4S/c1-27-17-8-5-12(19)10-16(17)22-18(24)4-3-9-23(28(2,25)26)13-6-7-14(20)15(21)11-13/h5-8,10-11H,3-4,9H2,1-2H3,(H,22,24). The largest absolute Gasteiger partial charge is 0.495 e. The van der Waals surface area contributed by atoms with E-state index in [2.05, 4.69) is 5.32 Å². The van der Waals surface area contributed by atoms with Gasteiger partial charge in [0, 0.05) is 24.1 Å². The number of anilines is 2. The van der Waals surface area contributed by atoms with Crippen molar-refractivity contribution in [2.75, 3.05) is 29.5 Å². The number of nitrogens with zero attached hydrogens (tertiary/aromatic N) is 1. The average molecular weight is 433 g/mol. The van der Waals surface area contributed by atoms with Gasteiger partial charge in [-0.1, -0.05) is 11.6 Å². The molecule has 152 valence electrons. The Morgan fingerprint density at radius 2 is 1.89 bits per heavy atom. The molecule has 2 rings (SSSR count). The molecule has 0 aliphatic rings. The second-order valence-corrected chi connectivity index (χ2v) is 8.27. The second kappa shape index (κ2) is 9.20. The van der Waals surface area contributed by atoms with Crippen molar-refractivity contribution in [3.63, 3.8) is 0 Å². The summed E-state index contributed by atoms with van der Waals surface area (Å²) in [5.41, 5.74) is 0.374. The van der Waals surface area contributed by atoms with Gasteiger partial charge in [0.05, 0.1) is 24.7 Å². The van der Waals surface area contributed by atoms with E-state index in [1.807, 2.05) is 0 Å². The predicted molar refractivity (Wildman–Crippen MR) is 104 cm³/mol. The van der Waals surface area contributed by atoms with Gasteiger partial charge in [0.15, 0.2) is 11.6 Å². The highest BCUT2D eigenvalue weighted by Gasteiger charge is 2.19. The Balaban J connectivity index is 2.03. The second-order valence-electron chi connectivity index (χ2n) is 5.93. The van der Waals surface area contributed by atoms with Crippen molar-refractivity contribution in [1.29, 1.82) is 0 Å². The first-order chi connectivity index (χ1) is 13.1.